The van der Waals surface area contributed by atoms with Crippen LogP contribution in [-0.2, 0) is 23.6 Å². The lowest BCUT2D eigenvalue weighted by atomic mass is 9.77. The molecule has 1 atom stereocenters. The molecule has 1 unspecified atom stereocenters. The van der Waals surface area contributed by atoms with E-state index in [0.29, 0.717) is 18.8 Å². The predicted octanol–water partition coefficient (Wildman–Crippen LogP) is 2.76. The number of fused-ring (bicyclic) bond motifs is 1. The Morgan fingerprint density at radius 1 is 1.27 bits per heavy atom. The minimum Gasteiger partial charge on any atom is -0.468 e. The van der Waals surface area contributed by atoms with Crippen molar-refractivity contribution < 1.29 is 28.4 Å². The van der Waals surface area contributed by atoms with Crippen molar-refractivity contribution >= 4 is 54.6 Å². The van der Waals surface area contributed by atoms with Gasteiger partial charge in [0.2, 0.25) is 0 Å². The van der Waals surface area contributed by atoms with Crippen LogP contribution >= 0.6 is 30.1 Å². The van der Waals surface area contributed by atoms with Gasteiger partial charge in [-0.2, -0.15) is 0 Å². The van der Waals surface area contributed by atoms with Crippen molar-refractivity contribution in [1.82, 2.24) is 4.90 Å². The molecule has 0 spiro atoms. The number of amides is 1. The summed E-state index contributed by atoms with van der Waals surface area (Å²) in [5, 5.41) is 0. The molecular formula is C20H27BINO6S. The smallest absolute Gasteiger partial charge is 0.468 e. The maximum Gasteiger partial charge on any atom is 0.494 e. The number of rotatable bonds is 8. The van der Waals surface area contributed by atoms with Gasteiger partial charge in [0.05, 0.1) is 37.6 Å². The molecule has 1 saturated heterocycles. The summed E-state index contributed by atoms with van der Waals surface area (Å²) in [5.74, 6) is 0.173. The van der Waals surface area contributed by atoms with Crippen LogP contribution in [0.15, 0.2) is 18.2 Å². The molecule has 1 aromatic rings. The van der Waals surface area contributed by atoms with E-state index in [0.717, 1.165) is 16.8 Å². The predicted molar refractivity (Wildman–Crippen MR) is 125 cm³/mol. The Morgan fingerprint density at radius 3 is 2.53 bits per heavy atom. The molecule has 7 nitrogen and oxygen atoms in total. The number of halogens is 1. The van der Waals surface area contributed by atoms with Gasteiger partial charge in [0.25, 0.3) is 5.91 Å². The largest absolute Gasteiger partial charge is 0.494 e. The topological polar surface area (TPSA) is 74.3 Å². The lowest BCUT2D eigenvalue weighted by molar-refractivity contribution is -0.142. The lowest BCUT2D eigenvalue weighted by Gasteiger charge is -2.32. The summed E-state index contributed by atoms with van der Waals surface area (Å²) in [6.07, 6.45) is 0. The van der Waals surface area contributed by atoms with E-state index in [4.69, 9.17) is 18.8 Å². The zero-order chi connectivity index (χ0) is 22.1. The van der Waals surface area contributed by atoms with E-state index in [-0.39, 0.29) is 18.5 Å². The highest BCUT2D eigenvalue weighted by Gasteiger charge is 2.52. The second-order valence-corrected chi connectivity index (χ2v) is 10.8. The number of benzene rings is 1. The van der Waals surface area contributed by atoms with Crippen LogP contribution in [0.3, 0.4) is 0 Å². The van der Waals surface area contributed by atoms with Crippen LogP contribution in [0.5, 0.6) is 0 Å². The van der Waals surface area contributed by atoms with E-state index in [9.17, 15) is 9.59 Å². The van der Waals surface area contributed by atoms with Gasteiger partial charge in [-0.3, -0.25) is 9.59 Å². The monoisotopic (exact) mass is 547 g/mol. The third kappa shape index (κ3) is 4.67. The molecule has 0 saturated carbocycles. The second-order valence-electron chi connectivity index (χ2n) is 8.35. The van der Waals surface area contributed by atoms with Gasteiger partial charge < -0.3 is 23.7 Å². The third-order valence-corrected chi connectivity index (χ3v) is 7.58. The molecule has 0 N–H and O–H groups in total. The molecule has 1 fully saturated rings. The first-order chi connectivity index (χ1) is 14.1. The molecule has 1 aromatic carbocycles. The molecule has 0 radical (unpaired) electrons. The van der Waals surface area contributed by atoms with Crippen molar-refractivity contribution in [3.8, 4) is 0 Å². The summed E-state index contributed by atoms with van der Waals surface area (Å²) in [4.78, 5) is 26.6. The Morgan fingerprint density at radius 2 is 1.93 bits per heavy atom. The van der Waals surface area contributed by atoms with Crippen LogP contribution in [0.4, 0.5) is 0 Å². The Kier molecular flexibility index (Phi) is 7.43. The van der Waals surface area contributed by atoms with Gasteiger partial charge in [0.1, 0.15) is 6.54 Å². The van der Waals surface area contributed by atoms with E-state index >= 15 is 0 Å². The Hall–Kier alpha value is -0.815. The van der Waals surface area contributed by atoms with Crippen molar-refractivity contribution in [1.29, 1.82) is 0 Å². The highest BCUT2D eigenvalue weighted by molar-refractivity contribution is 14.2. The van der Waals surface area contributed by atoms with E-state index in [1.165, 1.54) is 12.0 Å². The summed E-state index contributed by atoms with van der Waals surface area (Å²) in [5.41, 5.74) is 1.23. The van der Waals surface area contributed by atoms with Crippen LogP contribution in [0.1, 0.15) is 49.7 Å². The Bertz CT molecular complexity index is 804. The first kappa shape index (κ1) is 23.8. The van der Waals surface area contributed by atoms with Crippen molar-refractivity contribution in [3.63, 3.8) is 0 Å². The first-order valence-electron chi connectivity index (χ1n) is 9.80. The molecule has 1 amide bonds. The number of hydrogen-bond acceptors (Lipinski definition) is 7. The van der Waals surface area contributed by atoms with E-state index in [2.05, 4.69) is 21.2 Å². The molecule has 10 heteroatoms. The van der Waals surface area contributed by atoms with Gasteiger partial charge in [-0.05, 0) is 66.0 Å². The molecule has 30 heavy (non-hydrogen) atoms. The summed E-state index contributed by atoms with van der Waals surface area (Å²) in [6, 6.07) is 5.30. The first-order valence-corrected chi connectivity index (χ1v) is 13.3. The molecule has 164 valence electrons. The normalized spacial score (nSPS) is 21.8. The van der Waals surface area contributed by atoms with E-state index in [1.807, 2.05) is 45.9 Å². The van der Waals surface area contributed by atoms with Crippen molar-refractivity contribution in [2.75, 3.05) is 32.6 Å². The molecule has 0 aromatic heterocycles. The van der Waals surface area contributed by atoms with Gasteiger partial charge >= 0.3 is 13.1 Å². The average Bonchev–Trinajstić information content (AvgIpc) is 3.08. The van der Waals surface area contributed by atoms with Gasteiger partial charge in [0, 0.05) is 11.3 Å². The molecule has 2 heterocycles. The number of carbonyl (C=O) groups excluding carboxylic acids is 2. The minimum absolute atomic E-state index is 0.120. The molecule has 2 aliphatic heterocycles. The summed E-state index contributed by atoms with van der Waals surface area (Å²) >= 11 is 2.22. The van der Waals surface area contributed by atoms with Crippen molar-refractivity contribution in [2.24, 2.45) is 0 Å². The van der Waals surface area contributed by atoms with Gasteiger partial charge in [0.15, 0.2) is 0 Å². The average molecular weight is 547 g/mol. The zero-order valence-electron chi connectivity index (χ0n) is 17.9. The lowest BCUT2D eigenvalue weighted by Crippen LogP contribution is -2.41. The van der Waals surface area contributed by atoms with Crippen molar-refractivity contribution in [3.05, 3.63) is 29.3 Å². The van der Waals surface area contributed by atoms with Crippen LogP contribution < -0.4 is 5.46 Å². The minimum atomic E-state index is -0.557. The van der Waals surface area contributed by atoms with Crippen LogP contribution in [0, 0.1) is 0 Å². The number of ether oxygens (including phenoxy) is 2. The van der Waals surface area contributed by atoms with Crippen molar-refractivity contribution in [2.45, 2.75) is 44.9 Å². The van der Waals surface area contributed by atoms with Gasteiger partial charge in [-0.25, -0.2) is 0 Å². The van der Waals surface area contributed by atoms with Crippen LogP contribution in [-0.4, -0.2) is 67.7 Å². The maximum absolute atomic E-state index is 13.1. The molecular weight excluding hydrogens is 520 g/mol. The number of carbonyl (C=O) groups is 2. The standard InChI is InChI=1S/C20H27BINO6S/c1-19(2)20(3,4)29-21(28-19)13-6-7-14-15(10-13)18(25)23(11-17(24)26-5)16(14)12-27-8-9-30-22/h6-7,10,16H,8-9,11-12H2,1-5H3. The Labute approximate surface area is 194 Å². The zero-order valence-corrected chi connectivity index (χ0v) is 20.9. The molecule has 0 bridgehead atoms. The van der Waals surface area contributed by atoms with Crippen LogP contribution in [0.2, 0.25) is 0 Å². The van der Waals surface area contributed by atoms with E-state index < -0.39 is 24.3 Å². The summed E-state index contributed by atoms with van der Waals surface area (Å²) in [7, 11) is 2.42. The number of hydrogen-bond donors (Lipinski definition) is 0. The molecule has 3 rings (SSSR count). The maximum atomic E-state index is 13.1. The fourth-order valence-corrected chi connectivity index (χ4v) is 4.21. The van der Waals surface area contributed by atoms with Gasteiger partial charge in [-0.1, -0.05) is 21.1 Å². The van der Waals surface area contributed by atoms with Crippen LogP contribution in [0.25, 0.3) is 0 Å². The highest BCUT2D eigenvalue weighted by atomic mass is 127. The Balaban J connectivity index is 1.86. The molecule has 2 aliphatic rings. The summed E-state index contributed by atoms with van der Waals surface area (Å²) in [6.45, 7) is 8.74. The number of esters is 1. The second kappa shape index (κ2) is 9.36. The molecule has 0 aliphatic carbocycles. The number of nitrogens with zero attached hydrogens (tertiary/aromatic N) is 1. The van der Waals surface area contributed by atoms with Gasteiger partial charge in [-0.15, -0.1) is 0 Å². The third-order valence-electron chi connectivity index (χ3n) is 5.94. The number of methoxy groups -OCH3 is 1. The quantitative estimate of drug-likeness (QED) is 0.215. The summed E-state index contributed by atoms with van der Waals surface area (Å²) < 4.78 is 22.8. The SMILES string of the molecule is COC(=O)CN1C(=O)c2cc(B3OC(C)(C)C(C)(C)O3)ccc2C1COCCSI. The fourth-order valence-electron chi connectivity index (χ4n) is 3.49. The highest BCUT2D eigenvalue weighted by Crippen LogP contribution is 2.38. The fraction of sp³-hybridized carbons (Fsp3) is 0.600. The van der Waals surface area contributed by atoms with E-state index in [1.54, 1.807) is 8.93 Å².